The van der Waals surface area contributed by atoms with E-state index in [0.717, 1.165) is 65.4 Å². The predicted molar refractivity (Wildman–Crippen MR) is 184 cm³/mol. The van der Waals surface area contributed by atoms with Gasteiger partial charge in [0.25, 0.3) is 0 Å². The van der Waals surface area contributed by atoms with Crippen LogP contribution in [0.15, 0.2) is 78.9 Å². The Morgan fingerprint density at radius 2 is 1.05 bits per heavy atom. The molecular weight excluding hydrogens is 530 g/mol. The van der Waals surface area contributed by atoms with E-state index >= 15 is 0 Å². The van der Waals surface area contributed by atoms with Crippen molar-refractivity contribution in [1.82, 2.24) is 31.9 Å². The first-order chi connectivity index (χ1) is 20.8. The molecule has 0 saturated carbocycles. The molecule has 7 nitrogen and oxygen atoms in total. The number of benzene rings is 4. The topological polar surface area (TPSA) is 75.4 Å². The molecule has 4 aromatic carbocycles. The highest BCUT2D eigenvalue weighted by atomic mass is 15.1. The fourth-order valence-electron chi connectivity index (χ4n) is 6.01. The molecule has 0 radical (unpaired) electrons. The number of hydrogen-bond donors (Lipinski definition) is 6. The van der Waals surface area contributed by atoms with Crippen molar-refractivity contribution in [2.24, 2.45) is 0 Å². The third kappa shape index (κ3) is 8.54. The third-order valence-electron chi connectivity index (χ3n) is 8.76. The molecule has 0 bridgehead atoms. The molecule has 0 aromatic heterocycles. The zero-order valence-corrected chi connectivity index (χ0v) is 26.5. The van der Waals surface area contributed by atoms with Gasteiger partial charge in [-0.05, 0) is 64.7 Å². The van der Waals surface area contributed by atoms with Crippen LogP contribution in [0.1, 0.15) is 25.0 Å². The lowest BCUT2D eigenvalue weighted by atomic mass is 9.95. The first-order valence-electron chi connectivity index (χ1n) is 15.8. The normalized spacial score (nSPS) is 22.8. The maximum absolute atomic E-state index is 3.95. The van der Waals surface area contributed by atoms with Crippen molar-refractivity contribution in [3.05, 3.63) is 90.0 Å². The summed E-state index contributed by atoms with van der Waals surface area (Å²) in [6.45, 7) is 13.6. The van der Waals surface area contributed by atoms with Crippen molar-refractivity contribution in [3.8, 4) is 0 Å². The van der Waals surface area contributed by atoms with Gasteiger partial charge in [0.2, 0.25) is 0 Å². The molecule has 230 valence electrons. The van der Waals surface area contributed by atoms with E-state index in [9.17, 15) is 0 Å². The second kappa shape index (κ2) is 14.6. The number of hydrogen-bond acceptors (Lipinski definition) is 7. The van der Waals surface area contributed by atoms with E-state index in [1.54, 1.807) is 0 Å². The first-order valence-corrected chi connectivity index (χ1v) is 15.8. The average Bonchev–Trinajstić information content (AvgIpc) is 3.02. The van der Waals surface area contributed by atoms with Crippen molar-refractivity contribution in [1.29, 1.82) is 0 Å². The van der Waals surface area contributed by atoms with Crippen LogP contribution >= 0.6 is 0 Å². The van der Waals surface area contributed by atoms with Crippen LogP contribution in [0, 0.1) is 0 Å². The molecule has 0 atom stereocenters. The molecule has 6 N–H and O–H groups in total. The highest BCUT2D eigenvalue weighted by Crippen LogP contribution is 2.28. The van der Waals surface area contributed by atoms with Gasteiger partial charge >= 0.3 is 0 Å². The minimum atomic E-state index is -0.0969. The van der Waals surface area contributed by atoms with Crippen LogP contribution in [0.4, 0.5) is 5.69 Å². The number of nitrogens with one attached hydrogen (secondary N) is 6. The first kappa shape index (κ1) is 31.4. The zero-order chi connectivity index (χ0) is 30.1. The fraction of sp³-hybridized carbons (Fsp3) is 0.444. The van der Waals surface area contributed by atoms with E-state index in [1.807, 2.05) is 0 Å². The van der Waals surface area contributed by atoms with Crippen LogP contribution < -0.4 is 36.8 Å². The maximum atomic E-state index is 3.95. The highest BCUT2D eigenvalue weighted by molar-refractivity contribution is 6.02. The lowest BCUT2D eigenvalue weighted by Gasteiger charge is -2.34. The highest BCUT2D eigenvalue weighted by Gasteiger charge is 2.25. The summed E-state index contributed by atoms with van der Waals surface area (Å²) in [4.78, 5) is 2.14. The number of rotatable bonds is 7. The summed E-state index contributed by atoms with van der Waals surface area (Å²) in [5.41, 5.74) is 3.75. The van der Waals surface area contributed by atoms with Gasteiger partial charge in [-0.15, -0.1) is 0 Å². The van der Waals surface area contributed by atoms with Crippen molar-refractivity contribution in [2.45, 2.75) is 38.0 Å². The van der Waals surface area contributed by atoms with E-state index in [-0.39, 0.29) is 11.1 Å². The van der Waals surface area contributed by atoms with Gasteiger partial charge in [-0.25, -0.2) is 0 Å². The number of nitrogens with zero attached hydrogens (tertiary/aromatic N) is 1. The monoisotopic (exact) mass is 581 g/mol. The van der Waals surface area contributed by atoms with Gasteiger partial charge in [-0.3, -0.25) is 0 Å². The van der Waals surface area contributed by atoms with Crippen LogP contribution in [0.25, 0.3) is 21.5 Å². The SMILES string of the molecule is CN(C)c1ccc(CNC2(C)CNCCNCC(C)(NCc3c4ccccc4cc4ccccc34)CNCCNC2)cc1. The lowest BCUT2D eigenvalue weighted by Crippen LogP contribution is -2.59. The summed E-state index contributed by atoms with van der Waals surface area (Å²) in [5.74, 6) is 0. The minimum absolute atomic E-state index is 0.0539. The van der Waals surface area contributed by atoms with E-state index in [0.29, 0.717) is 0 Å². The Labute approximate surface area is 258 Å². The summed E-state index contributed by atoms with van der Waals surface area (Å²) in [7, 11) is 4.16. The number of fused-ring (bicyclic) bond motifs is 2. The summed E-state index contributed by atoms with van der Waals surface area (Å²) in [6.07, 6.45) is 0. The zero-order valence-electron chi connectivity index (χ0n) is 26.5. The van der Waals surface area contributed by atoms with Crippen molar-refractivity contribution >= 4 is 27.2 Å². The summed E-state index contributed by atoms with van der Waals surface area (Å²) < 4.78 is 0. The summed E-state index contributed by atoms with van der Waals surface area (Å²) >= 11 is 0. The average molecular weight is 582 g/mol. The van der Waals surface area contributed by atoms with Crippen LogP contribution in [0.5, 0.6) is 0 Å². The van der Waals surface area contributed by atoms with E-state index in [2.05, 4.69) is 144 Å². The van der Waals surface area contributed by atoms with Crippen LogP contribution in [-0.2, 0) is 13.1 Å². The Balaban J connectivity index is 1.18. The molecule has 43 heavy (non-hydrogen) atoms. The van der Waals surface area contributed by atoms with Crippen molar-refractivity contribution in [2.75, 3.05) is 71.4 Å². The van der Waals surface area contributed by atoms with Gasteiger partial charge in [-0.1, -0.05) is 60.7 Å². The molecule has 0 aliphatic carbocycles. The van der Waals surface area contributed by atoms with Gasteiger partial charge in [0.15, 0.2) is 0 Å². The Kier molecular flexibility index (Phi) is 10.7. The van der Waals surface area contributed by atoms with Gasteiger partial charge in [0.05, 0.1) is 0 Å². The molecule has 7 heteroatoms. The molecule has 0 amide bonds. The van der Waals surface area contributed by atoms with Crippen LogP contribution in [0.2, 0.25) is 0 Å². The van der Waals surface area contributed by atoms with Crippen LogP contribution in [-0.4, -0.2) is 77.5 Å². The predicted octanol–water partition coefficient (Wildman–Crippen LogP) is 3.83. The molecule has 5 rings (SSSR count). The number of anilines is 1. The molecular formula is C36H51N7. The van der Waals surface area contributed by atoms with E-state index in [1.165, 1.54) is 38.4 Å². The van der Waals surface area contributed by atoms with Gasteiger partial charge in [0, 0.05) is 96.3 Å². The molecule has 4 aromatic rings. The Morgan fingerprint density at radius 1 is 0.605 bits per heavy atom. The molecule has 0 unspecified atom stereocenters. The quantitative estimate of drug-likeness (QED) is 0.185. The van der Waals surface area contributed by atoms with Crippen molar-refractivity contribution in [3.63, 3.8) is 0 Å². The molecule has 1 fully saturated rings. The maximum Gasteiger partial charge on any atom is 0.0406 e. The second-order valence-electron chi connectivity index (χ2n) is 12.9. The smallest absolute Gasteiger partial charge is 0.0406 e. The lowest BCUT2D eigenvalue weighted by molar-refractivity contribution is 0.296. The van der Waals surface area contributed by atoms with Crippen molar-refractivity contribution < 1.29 is 0 Å². The van der Waals surface area contributed by atoms with Gasteiger partial charge in [0.1, 0.15) is 0 Å². The Hall–Kier alpha value is -3.04. The summed E-state index contributed by atoms with van der Waals surface area (Å²) in [5, 5.41) is 27.9. The minimum Gasteiger partial charge on any atom is -0.378 e. The Morgan fingerprint density at radius 3 is 1.51 bits per heavy atom. The molecule has 1 saturated heterocycles. The third-order valence-corrected chi connectivity index (χ3v) is 8.76. The molecule has 1 aliphatic heterocycles. The summed E-state index contributed by atoms with van der Waals surface area (Å²) in [6, 6.07) is 28.6. The van der Waals surface area contributed by atoms with E-state index in [4.69, 9.17) is 0 Å². The molecule has 1 aliphatic rings. The van der Waals surface area contributed by atoms with Gasteiger partial charge in [-0.2, -0.15) is 0 Å². The van der Waals surface area contributed by atoms with Gasteiger partial charge < -0.3 is 36.8 Å². The van der Waals surface area contributed by atoms with Crippen LogP contribution in [0.3, 0.4) is 0 Å². The second-order valence-corrected chi connectivity index (χ2v) is 12.9. The van der Waals surface area contributed by atoms with E-state index < -0.39 is 0 Å². The fourth-order valence-corrected chi connectivity index (χ4v) is 6.01. The molecule has 0 spiro atoms. The Bertz CT molecular complexity index is 1380. The standard InChI is InChI=1S/C36H51N7/c1-35(41-22-28-13-15-31(16-14-28)43(3)4)24-37-17-19-39-26-36(2,27-40-20-18-38-25-35)42-23-34-32-11-7-5-9-29(32)21-30-10-6-8-12-33(30)34/h5-16,21,37-42H,17-20,22-27H2,1-4H3. The largest absolute Gasteiger partial charge is 0.378 e. The molecule has 1 heterocycles.